The van der Waals surface area contributed by atoms with Gasteiger partial charge in [0.25, 0.3) is 0 Å². The molecule has 0 atom stereocenters. The number of fused-ring (bicyclic) bond motifs is 2. The second-order valence-electron chi connectivity index (χ2n) is 18.2. The van der Waals surface area contributed by atoms with E-state index in [-0.39, 0.29) is 0 Å². The van der Waals surface area contributed by atoms with Gasteiger partial charge >= 0.3 is 380 Å². The second kappa shape index (κ2) is 15.9. The molecule has 1 N–H and O–H groups in total. The van der Waals surface area contributed by atoms with Crippen LogP contribution in [0.2, 0.25) is 3.98 Å². The Hall–Kier alpha value is -2.86. The third-order valence-corrected chi connectivity index (χ3v) is 16.0. The van der Waals surface area contributed by atoms with Gasteiger partial charge in [-0.05, 0) is 0 Å². The molecule has 0 unspecified atom stereocenters. The van der Waals surface area contributed by atoms with Gasteiger partial charge in [0.15, 0.2) is 0 Å². The quantitative estimate of drug-likeness (QED) is 0.180. The van der Waals surface area contributed by atoms with Gasteiger partial charge in [0.1, 0.15) is 0 Å². The van der Waals surface area contributed by atoms with Crippen LogP contribution in [-0.2, 0) is 25.7 Å². The van der Waals surface area contributed by atoms with Gasteiger partial charge in [-0.2, -0.15) is 0 Å². The third-order valence-electron chi connectivity index (χ3n) is 14.2. The summed E-state index contributed by atoms with van der Waals surface area (Å²) in [7, 11) is 0. The number of anilines is 2. The topological polar surface area (TPSA) is 35.9 Å². The number of hydrogen-bond acceptors (Lipinski definition) is 4. The number of rotatable bonds is 8. The average molecular weight is 1150 g/mol. The molecule has 0 amide bonds. The number of phenolic OH excluding ortho intramolecular Hbond substituents is 1. The van der Waals surface area contributed by atoms with Crippen molar-refractivity contribution in [2.24, 2.45) is 0 Å². The van der Waals surface area contributed by atoms with E-state index in [4.69, 9.17) is 4.74 Å². The number of phenols is 1. The van der Waals surface area contributed by atoms with Gasteiger partial charge in [0.2, 0.25) is 0 Å². The van der Waals surface area contributed by atoms with Crippen LogP contribution in [0.15, 0.2) is 81.3 Å². The predicted molar refractivity (Wildman–Crippen MR) is 242 cm³/mol. The van der Waals surface area contributed by atoms with E-state index in [0.717, 1.165) is 140 Å². The van der Waals surface area contributed by atoms with E-state index in [1.165, 1.54) is 137 Å². The summed E-state index contributed by atoms with van der Waals surface area (Å²) in [6.07, 6.45) is 32.3. The van der Waals surface area contributed by atoms with Crippen molar-refractivity contribution in [1.82, 2.24) is 0 Å². The summed E-state index contributed by atoms with van der Waals surface area (Å²) in [6.45, 7) is 4.60. The Bertz CT molecular complexity index is 2370. The van der Waals surface area contributed by atoms with Crippen molar-refractivity contribution in [2.45, 2.75) is 112 Å². The van der Waals surface area contributed by atoms with Crippen LogP contribution < -0.4 is 14.5 Å². The Morgan fingerprint density at radius 1 is 0.741 bits per heavy atom. The standard InChI is InChI=1S/C52H54N2O2.2Pb/c1-2-33(46-31-39-10-4-23-53-25-6-12-44(49(39)53)51(46)55)14-20-37-8-3-9-38(48(37)43-29-41(34-15-16-34)28-42(30-43)35-17-18-35)21-19-36-22-27-56-52-45-13-7-26-54-24-5-11-40(50(45)54)32-47(36)52;;/h2,14,19-22,28-32,34-35,55H,1,3-13,15-18,23-26H2;;/b20-14+,33-2-,36-19+,38-21+;;. The zero-order chi connectivity index (χ0) is 38.9. The van der Waals surface area contributed by atoms with Crippen molar-refractivity contribution in [3.05, 3.63) is 131 Å². The molecule has 3 aliphatic carbocycles. The molecule has 0 spiro atoms. The Morgan fingerprint density at radius 2 is 1.40 bits per heavy atom. The maximum absolute atomic E-state index is 11.9. The van der Waals surface area contributed by atoms with Crippen LogP contribution in [0.1, 0.15) is 133 Å². The molecule has 5 aliphatic heterocycles. The number of ether oxygens (including phenoxy) is 1. The van der Waals surface area contributed by atoms with Crippen molar-refractivity contribution < 1.29 is 9.84 Å². The fourth-order valence-corrected chi connectivity index (χ4v) is 13.1. The molecule has 0 saturated heterocycles. The van der Waals surface area contributed by atoms with Gasteiger partial charge in [-0.3, -0.25) is 0 Å². The molecule has 2 fully saturated rings. The summed E-state index contributed by atoms with van der Waals surface area (Å²) in [5.41, 5.74) is 22.2. The van der Waals surface area contributed by atoms with Crippen LogP contribution >= 0.6 is 0 Å². The van der Waals surface area contributed by atoms with E-state index in [1.807, 2.05) is 0 Å². The number of hydrogen-bond donors (Lipinski definition) is 1. The zero-order valence-electron chi connectivity index (χ0n) is 33.9. The molecule has 4 nitrogen and oxygen atoms in total. The van der Waals surface area contributed by atoms with E-state index in [0.29, 0.717) is 5.75 Å². The van der Waals surface area contributed by atoms with Gasteiger partial charge in [-0.1, -0.05) is 0 Å². The molecule has 5 heterocycles. The van der Waals surface area contributed by atoms with Crippen molar-refractivity contribution in [3.63, 3.8) is 0 Å². The van der Waals surface area contributed by atoms with Crippen LogP contribution in [0.5, 0.6) is 11.5 Å². The second-order valence-corrected chi connectivity index (χ2v) is 21.7. The van der Waals surface area contributed by atoms with Gasteiger partial charge < -0.3 is 0 Å². The SMILES string of the molecule is Oc1c(C(=C\[CH2][Pb])/C=C/C2=C(c3cc(C4CC4)cc(C4CC4)c3)C(=C/C=C3\C=[C]([Pb])Oc4c3cc3c5c4CCCN5CCC3)/CCC2)cc2c3c1CCCN3CCC2. The fraction of sp³-hybridized carbons (Fsp3) is 0.423. The Kier molecular flexibility index (Phi) is 10.4. The molecule has 0 bridgehead atoms. The van der Waals surface area contributed by atoms with Gasteiger partial charge in [-0.15, -0.1) is 0 Å². The molecule has 11 rings (SSSR count). The van der Waals surface area contributed by atoms with Crippen molar-refractivity contribution in [3.8, 4) is 11.5 Å². The van der Waals surface area contributed by atoms with Crippen molar-refractivity contribution in [1.29, 1.82) is 0 Å². The molecule has 2 saturated carbocycles. The molecule has 3 aromatic carbocycles. The summed E-state index contributed by atoms with van der Waals surface area (Å²) in [4.78, 5) is 5.17. The number of aromatic hydroxyl groups is 1. The summed E-state index contributed by atoms with van der Waals surface area (Å²) in [6, 6.07) is 12.5. The van der Waals surface area contributed by atoms with Crippen LogP contribution in [-0.4, -0.2) is 82.8 Å². The minimum absolute atomic E-state index is 0.527. The molecule has 0 aromatic heterocycles. The van der Waals surface area contributed by atoms with Crippen LogP contribution in [0.4, 0.5) is 11.4 Å². The van der Waals surface area contributed by atoms with Crippen LogP contribution in [0.3, 0.4) is 0 Å². The molecule has 292 valence electrons. The van der Waals surface area contributed by atoms with E-state index >= 15 is 0 Å². The van der Waals surface area contributed by atoms with E-state index in [9.17, 15) is 5.11 Å². The number of nitrogens with zero attached hydrogens (tertiary/aromatic N) is 2. The first-order valence-electron chi connectivity index (χ1n) is 22.5. The summed E-state index contributed by atoms with van der Waals surface area (Å²) >= 11 is 1.99. The Morgan fingerprint density at radius 3 is 2.09 bits per heavy atom. The average Bonchev–Trinajstić information content (AvgIpc) is 4.18. The van der Waals surface area contributed by atoms with Gasteiger partial charge in [-0.25, -0.2) is 0 Å². The van der Waals surface area contributed by atoms with Crippen molar-refractivity contribution >= 4 is 79.6 Å². The van der Waals surface area contributed by atoms with Crippen LogP contribution in [0.25, 0.3) is 16.7 Å². The minimum atomic E-state index is 0.527. The zero-order valence-corrected chi connectivity index (χ0v) is 41.7. The molecule has 6 heteroatoms. The first kappa shape index (κ1) is 38.1. The van der Waals surface area contributed by atoms with Gasteiger partial charge in [0.05, 0.1) is 0 Å². The summed E-state index contributed by atoms with van der Waals surface area (Å²) in [5, 5.41) is 11.9. The molecular weight excluding hydrogens is 1100 g/mol. The molecular formula is C52H54N2O2Pb2. The number of allylic oxidation sites excluding steroid dienone is 11. The maximum atomic E-state index is 11.9. The molecule has 3 aromatic rings. The Balaban J connectivity index is 1.04. The molecule has 8 aliphatic rings. The molecule has 6 radical (unpaired) electrons. The van der Waals surface area contributed by atoms with Crippen molar-refractivity contribution in [2.75, 3.05) is 36.0 Å². The normalized spacial score (nSPS) is 22.9. The van der Waals surface area contributed by atoms with E-state index in [1.54, 1.807) is 11.1 Å². The summed E-state index contributed by atoms with van der Waals surface area (Å²) < 4.78 is 8.88. The Labute approximate surface area is 377 Å². The molecule has 58 heavy (non-hydrogen) atoms. The summed E-state index contributed by atoms with van der Waals surface area (Å²) in [5.74, 6) is 3.11. The van der Waals surface area contributed by atoms with Gasteiger partial charge in [0, 0.05) is 0 Å². The van der Waals surface area contributed by atoms with Crippen LogP contribution in [0, 0.1) is 0 Å². The fourth-order valence-electron chi connectivity index (χ4n) is 11.2. The first-order chi connectivity index (χ1) is 28.5. The number of benzene rings is 3. The monoisotopic (exact) mass is 1150 g/mol. The number of aryl methyl sites for hydroxylation is 2. The predicted octanol–water partition coefficient (Wildman–Crippen LogP) is 11.1. The third kappa shape index (κ3) is 7.15. The van der Waals surface area contributed by atoms with E-state index < -0.39 is 0 Å². The first-order valence-corrected chi connectivity index (χ1v) is 27.2. The van der Waals surface area contributed by atoms with E-state index in [2.05, 4.69) is 76.6 Å².